The highest BCUT2D eigenvalue weighted by atomic mass is 16.6. The molecule has 0 atom stereocenters. The summed E-state index contributed by atoms with van der Waals surface area (Å²) < 4.78 is 17.2. The fourth-order valence-corrected chi connectivity index (χ4v) is 3.36. The molecule has 1 aliphatic heterocycles. The minimum atomic E-state index is -0.0465. The van der Waals surface area contributed by atoms with Gasteiger partial charge in [0.15, 0.2) is 11.5 Å². The summed E-state index contributed by atoms with van der Waals surface area (Å²) in [6.45, 7) is 1.04. The Kier molecular flexibility index (Phi) is 3.04. The van der Waals surface area contributed by atoms with Crippen molar-refractivity contribution in [3.63, 3.8) is 0 Å². The molecule has 1 aliphatic rings. The molecule has 0 saturated carbocycles. The lowest BCUT2D eigenvalue weighted by molar-refractivity contribution is 0.174. The van der Waals surface area contributed by atoms with Crippen molar-refractivity contribution in [2.45, 2.75) is 0 Å². The van der Waals surface area contributed by atoms with Gasteiger partial charge in [0.25, 0.3) is 0 Å². The van der Waals surface area contributed by atoms with Crippen molar-refractivity contribution in [1.29, 1.82) is 0 Å². The lowest BCUT2D eigenvalue weighted by Gasteiger charge is -2.20. The number of hydrogen-bond donors (Lipinski definition) is 0. The molecule has 0 fully saturated rings. The van der Waals surface area contributed by atoms with E-state index in [4.69, 9.17) is 13.9 Å². The van der Waals surface area contributed by atoms with Crippen LogP contribution in [0.5, 0.6) is 11.5 Å². The van der Waals surface area contributed by atoms with E-state index in [0.29, 0.717) is 41.2 Å². The molecule has 4 aromatic rings. The van der Waals surface area contributed by atoms with E-state index >= 15 is 0 Å². The lowest BCUT2D eigenvalue weighted by atomic mass is 10.0. The second-order valence-corrected chi connectivity index (χ2v) is 5.97. The van der Waals surface area contributed by atoms with Gasteiger partial charge in [0.1, 0.15) is 25.1 Å². The van der Waals surface area contributed by atoms with Gasteiger partial charge in [-0.3, -0.25) is 4.79 Å². The first-order chi connectivity index (χ1) is 12.3. The first kappa shape index (κ1) is 14.1. The van der Waals surface area contributed by atoms with E-state index < -0.39 is 0 Å². The Morgan fingerprint density at radius 2 is 1.60 bits per heavy atom. The van der Waals surface area contributed by atoms with Crippen LogP contribution in [0.2, 0.25) is 0 Å². The van der Waals surface area contributed by atoms with Crippen LogP contribution >= 0.6 is 0 Å². The summed E-state index contributed by atoms with van der Waals surface area (Å²) >= 11 is 0. The fraction of sp³-hybridized carbons (Fsp3) is 0.0952. The quantitative estimate of drug-likeness (QED) is 0.486. The molecule has 3 aromatic carbocycles. The standard InChI is InChI=1S/C21H14O4/c22-20-16(13-4-2-1-3-5-13)12-25-17-8-7-15-14(19(17)20)6-9-18-21(15)24-11-10-23-18/h1-9,12H,10-11H2. The summed E-state index contributed by atoms with van der Waals surface area (Å²) in [4.78, 5) is 13.2. The Morgan fingerprint density at radius 3 is 2.48 bits per heavy atom. The molecule has 2 heterocycles. The highest BCUT2D eigenvalue weighted by molar-refractivity contribution is 6.09. The topological polar surface area (TPSA) is 48.7 Å². The van der Waals surface area contributed by atoms with E-state index in [1.54, 1.807) is 0 Å². The molecule has 0 unspecified atom stereocenters. The van der Waals surface area contributed by atoms with Crippen LogP contribution < -0.4 is 14.9 Å². The molecule has 0 N–H and O–H groups in total. The van der Waals surface area contributed by atoms with Crippen molar-refractivity contribution in [3.8, 4) is 22.6 Å². The van der Waals surface area contributed by atoms with Crippen molar-refractivity contribution >= 4 is 21.7 Å². The number of hydrogen-bond acceptors (Lipinski definition) is 4. The number of rotatable bonds is 1. The van der Waals surface area contributed by atoms with Crippen LogP contribution in [0.15, 0.2) is 70.1 Å². The summed E-state index contributed by atoms with van der Waals surface area (Å²) in [7, 11) is 0. The molecule has 4 nitrogen and oxygen atoms in total. The zero-order valence-electron chi connectivity index (χ0n) is 13.3. The maximum atomic E-state index is 13.2. The first-order valence-electron chi connectivity index (χ1n) is 8.15. The molecule has 25 heavy (non-hydrogen) atoms. The van der Waals surface area contributed by atoms with Crippen molar-refractivity contribution in [2.75, 3.05) is 13.2 Å². The number of benzene rings is 3. The molecule has 4 heteroatoms. The Bertz CT molecular complexity index is 1160. The van der Waals surface area contributed by atoms with Crippen LogP contribution in [0.4, 0.5) is 0 Å². The maximum Gasteiger partial charge on any atom is 0.201 e. The van der Waals surface area contributed by atoms with E-state index in [1.807, 2.05) is 54.6 Å². The summed E-state index contributed by atoms with van der Waals surface area (Å²) in [6, 6.07) is 17.0. The molecule has 0 saturated heterocycles. The van der Waals surface area contributed by atoms with Crippen molar-refractivity contribution in [1.82, 2.24) is 0 Å². The minimum absolute atomic E-state index is 0.0465. The summed E-state index contributed by atoms with van der Waals surface area (Å²) in [5, 5.41) is 2.24. The predicted octanol–water partition coefficient (Wildman–Crippen LogP) is 4.38. The molecular weight excluding hydrogens is 316 g/mol. The zero-order chi connectivity index (χ0) is 16.8. The van der Waals surface area contributed by atoms with Crippen LogP contribution in [-0.2, 0) is 0 Å². The fourth-order valence-electron chi connectivity index (χ4n) is 3.36. The summed E-state index contributed by atoms with van der Waals surface area (Å²) in [6.07, 6.45) is 1.53. The van der Waals surface area contributed by atoms with Crippen LogP contribution in [-0.4, -0.2) is 13.2 Å². The van der Waals surface area contributed by atoms with E-state index in [1.165, 1.54) is 6.26 Å². The molecule has 0 bridgehead atoms. The predicted molar refractivity (Wildman–Crippen MR) is 96.4 cm³/mol. The highest BCUT2D eigenvalue weighted by Crippen LogP contribution is 2.39. The van der Waals surface area contributed by atoms with Gasteiger partial charge in [-0.25, -0.2) is 0 Å². The molecule has 0 amide bonds. The zero-order valence-corrected chi connectivity index (χ0v) is 13.3. The Hall–Kier alpha value is -3.27. The number of fused-ring (bicyclic) bond motifs is 5. The van der Waals surface area contributed by atoms with E-state index in [2.05, 4.69) is 0 Å². The van der Waals surface area contributed by atoms with Crippen molar-refractivity contribution in [3.05, 3.63) is 71.1 Å². The van der Waals surface area contributed by atoms with Crippen LogP contribution in [0.1, 0.15) is 0 Å². The second-order valence-electron chi connectivity index (χ2n) is 5.97. The average Bonchev–Trinajstić information content (AvgIpc) is 2.68. The lowest BCUT2D eigenvalue weighted by Crippen LogP contribution is -2.15. The average molecular weight is 330 g/mol. The smallest absolute Gasteiger partial charge is 0.201 e. The van der Waals surface area contributed by atoms with E-state index in [0.717, 1.165) is 16.3 Å². The van der Waals surface area contributed by atoms with Gasteiger partial charge in [-0.15, -0.1) is 0 Å². The van der Waals surface area contributed by atoms with Gasteiger partial charge in [-0.1, -0.05) is 30.3 Å². The van der Waals surface area contributed by atoms with Gasteiger partial charge < -0.3 is 13.9 Å². The van der Waals surface area contributed by atoms with Crippen molar-refractivity contribution in [2.24, 2.45) is 0 Å². The van der Waals surface area contributed by atoms with E-state index in [-0.39, 0.29) is 5.43 Å². The first-order valence-corrected chi connectivity index (χ1v) is 8.15. The monoisotopic (exact) mass is 330 g/mol. The molecule has 0 aliphatic carbocycles. The van der Waals surface area contributed by atoms with Gasteiger partial charge in [-0.05, 0) is 29.8 Å². The summed E-state index contributed by atoms with van der Waals surface area (Å²) in [5.41, 5.74) is 1.91. The van der Waals surface area contributed by atoms with E-state index in [9.17, 15) is 4.79 Å². The number of ether oxygens (including phenoxy) is 2. The molecule has 122 valence electrons. The molecule has 1 aromatic heterocycles. The second kappa shape index (κ2) is 5.38. The van der Waals surface area contributed by atoms with Crippen molar-refractivity contribution < 1.29 is 13.9 Å². The SMILES string of the molecule is O=c1c(-c2ccccc2)coc2ccc3c4c(ccc3c12)OCCO4. The third-order valence-electron chi connectivity index (χ3n) is 4.52. The maximum absolute atomic E-state index is 13.2. The van der Waals surface area contributed by atoms with Gasteiger partial charge in [0.05, 0.1) is 10.9 Å². The van der Waals surface area contributed by atoms with Crippen LogP contribution in [0.25, 0.3) is 32.9 Å². The largest absolute Gasteiger partial charge is 0.486 e. The summed E-state index contributed by atoms with van der Waals surface area (Å²) in [5.74, 6) is 1.40. The molecule has 5 rings (SSSR count). The molecule has 0 spiro atoms. The molecular formula is C21H14O4. The van der Waals surface area contributed by atoms with Gasteiger partial charge in [0.2, 0.25) is 5.43 Å². The minimum Gasteiger partial charge on any atom is -0.486 e. The van der Waals surface area contributed by atoms with Crippen LogP contribution in [0, 0.1) is 0 Å². The Labute approximate surface area is 143 Å². The highest BCUT2D eigenvalue weighted by Gasteiger charge is 2.18. The third-order valence-corrected chi connectivity index (χ3v) is 4.52. The third kappa shape index (κ3) is 2.11. The Balaban J connectivity index is 1.87. The normalized spacial score (nSPS) is 13.3. The van der Waals surface area contributed by atoms with Crippen LogP contribution in [0.3, 0.4) is 0 Å². The Morgan fingerprint density at radius 1 is 0.800 bits per heavy atom. The molecule has 0 radical (unpaired) electrons. The van der Waals surface area contributed by atoms with Gasteiger partial charge in [0, 0.05) is 10.8 Å². The van der Waals surface area contributed by atoms with Gasteiger partial charge in [-0.2, -0.15) is 0 Å². The van der Waals surface area contributed by atoms with Gasteiger partial charge >= 0.3 is 0 Å².